The minimum Gasteiger partial charge on any atom is -0.491 e. The summed E-state index contributed by atoms with van der Waals surface area (Å²) in [6.07, 6.45) is 9.24. The van der Waals surface area contributed by atoms with Gasteiger partial charge in [0, 0.05) is 6.54 Å². The number of rotatable bonds is 17. The van der Waals surface area contributed by atoms with E-state index in [4.69, 9.17) is 14.2 Å². The quantitative estimate of drug-likeness (QED) is 0.427. The second-order valence-corrected chi connectivity index (χ2v) is 6.34. The first-order valence-corrected chi connectivity index (χ1v) is 9.88. The fourth-order valence-electron chi connectivity index (χ4n) is 2.58. The van der Waals surface area contributed by atoms with Crippen molar-refractivity contribution in [3.8, 4) is 5.75 Å². The van der Waals surface area contributed by atoms with Gasteiger partial charge in [-0.25, -0.2) is 0 Å². The first-order chi connectivity index (χ1) is 12.4. The molecule has 0 bridgehead atoms. The van der Waals surface area contributed by atoms with Gasteiger partial charge in [-0.1, -0.05) is 51.2 Å². The number of aryl methyl sites for hydroxylation is 1. The number of hydrogen-bond donors (Lipinski definition) is 1. The lowest BCUT2D eigenvalue weighted by Gasteiger charge is -2.08. The van der Waals surface area contributed by atoms with Crippen molar-refractivity contribution < 1.29 is 14.2 Å². The zero-order valence-corrected chi connectivity index (χ0v) is 16.2. The maximum Gasteiger partial charge on any atom is 0.119 e. The molecule has 1 rings (SSSR count). The van der Waals surface area contributed by atoms with E-state index in [1.807, 2.05) is 7.05 Å². The fraction of sp³-hybridized carbons (Fsp3) is 0.714. The van der Waals surface area contributed by atoms with Gasteiger partial charge in [-0.3, -0.25) is 0 Å². The molecule has 1 aromatic carbocycles. The van der Waals surface area contributed by atoms with Crippen molar-refractivity contribution in [1.82, 2.24) is 5.32 Å². The summed E-state index contributed by atoms with van der Waals surface area (Å²) in [4.78, 5) is 0. The van der Waals surface area contributed by atoms with Gasteiger partial charge in [0.1, 0.15) is 12.4 Å². The standard InChI is InChI=1S/C21H37NO3/c1-3-4-5-6-7-8-9-20-10-12-21(13-11-20)25-19-18-24-17-16-23-15-14-22-2/h10-13,22H,3-9,14-19H2,1-2H3. The lowest BCUT2D eigenvalue weighted by atomic mass is 10.0. The molecule has 0 amide bonds. The van der Waals surface area contributed by atoms with E-state index in [1.165, 1.54) is 50.5 Å². The van der Waals surface area contributed by atoms with Crippen LogP contribution in [0, 0.1) is 0 Å². The second-order valence-electron chi connectivity index (χ2n) is 6.34. The molecule has 4 nitrogen and oxygen atoms in total. The molecule has 0 aliphatic rings. The summed E-state index contributed by atoms with van der Waals surface area (Å²) >= 11 is 0. The van der Waals surface area contributed by atoms with Gasteiger partial charge < -0.3 is 19.5 Å². The van der Waals surface area contributed by atoms with Crippen molar-refractivity contribution in [2.75, 3.05) is 46.6 Å². The lowest BCUT2D eigenvalue weighted by Crippen LogP contribution is -2.17. The molecule has 1 N–H and O–H groups in total. The fourth-order valence-corrected chi connectivity index (χ4v) is 2.58. The minimum absolute atomic E-state index is 0.577. The van der Waals surface area contributed by atoms with Gasteiger partial charge in [-0.2, -0.15) is 0 Å². The largest absolute Gasteiger partial charge is 0.491 e. The van der Waals surface area contributed by atoms with Crippen LogP contribution >= 0.6 is 0 Å². The van der Waals surface area contributed by atoms with E-state index in [2.05, 4.69) is 36.5 Å². The normalized spacial score (nSPS) is 11.0. The molecule has 0 aliphatic heterocycles. The first-order valence-electron chi connectivity index (χ1n) is 9.88. The van der Waals surface area contributed by atoms with Crippen molar-refractivity contribution in [3.63, 3.8) is 0 Å². The molecule has 1 aromatic rings. The van der Waals surface area contributed by atoms with Crippen LogP contribution in [0.1, 0.15) is 51.0 Å². The molecule has 0 atom stereocenters. The third-order valence-corrected chi connectivity index (χ3v) is 4.11. The Morgan fingerprint density at radius 2 is 1.40 bits per heavy atom. The Bertz CT molecular complexity index is 395. The van der Waals surface area contributed by atoms with Crippen LogP contribution in [0.3, 0.4) is 0 Å². The van der Waals surface area contributed by atoms with Gasteiger partial charge in [0.15, 0.2) is 0 Å². The van der Waals surface area contributed by atoms with Crippen LogP contribution in [0.2, 0.25) is 0 Å². The van der Waals surface area contributed by atoms with Crippen LogP contribution in [-0.4, -0.2) is 46.6 Å². The summed E-state index contributed by atoms with van der Waals surface area (Å²) in [6, 6.07) is 8.48. The molecule has 0 spiro atoms. The highest BCUT2D eigenvalue weighted by molar-refractivity contribution is 5.27. The van der Waals surface area contributed by atoms with Crippen LogP contribution in [0.25, 0.3) is 0 Å². The number of hydrogen-bond acceptors (Lipinski definition) is 4. The predicted octanol–water partition coefficient (Wildman–Crippen LogP) is 4.22. The molecule has 0 unspecified atom stereocenters. The smallest absolute Gasteiger partial charge is 0.119 e. The first kappa shape index (κ1) is 21.9. The van der Waals surface area contributed by atoms with E-state index in [0.29, 0.717) is 26.4 Å². The Kier molecular flexibility index (Phi) is 14.4. The van der Waals surface area contributed by atoms with Crippen molar-refractivity contribution in [1.29, 1.82) is 0 Å². The Morgan fingerprint density at radius 3 is 2.12 bits per heavy atom. The third-order valence-electron chi connectivity index (χ3n) is 4.11. The number of unbranched alkanes of at least 4 members (excludes halogenated alkanes) is 5. The van der Waals surface area contributed by atoms with Crippen LogP contribution in [0.5, 0.6) is 5.75 Å². The Hall–Kier alpha value is -1.10. The summed E-state index contributed by atoms with van der Waals surface area (Å²) in [6.45, 7) is 6.28. The number of likely N-dealkylation sites (N-methyl/N-ethyl adjacent to an activating group) is 1. The van der Waals surface area contributed by atoms with Crippen molar-refractivity contribution in [2.45, 2.75) is 51.9 Å². The summed E-state index contributed by atoms with van der Waals surface area (Å²) in [7, 11) is 1.92. The topological polar surface area (TPSA) is 39.7 Å². The van der Waals surface area contributed by atoms with Gasteiger partial charge in [-0.05, 0) is 37.6 Å². The summed E-state index contributed by atoms with van der Waals surface area (Å²) in [5.41, 5.74) is 1.40. The van der Waals surface area contributed by atoms with Gasteiger partial charge in [-0.15, -0.1) is 0 Å². The number of benzene rings is 1. The molecule has 0 aromatic heterocycles. The van der Waals surface area contributed by atoms with Crippen molar-refractivity contribution >= 4 is 0 Å². The Morgan fingerprint density at radius 1 is 0.760 bits per heavy atom. The maximum absolute atomic E-state index is 5.70. The molecule has 0 heterocycles. The average Bonchev–Trinajstić information content (AvgIpc) is 2.64. The predicted molar refractivity (Wildman–Crippen MR) is 105 cm³/mol. The molecule has 144 valence electrons. The van der Waals surface area contributed by atoms with Crippen LogP contribution < -0.4 is 10.1 Å². The molecule has 0 aliphatic carbocycles. The van der Waals surface area contributed by atoms with Gasteiger partial charge in [0.2, 0.25) is 0 Å². The molecule has 4 heteroatoms. The molecule has 0 saturated heterocycles. The van der Waals surface area contributed by atoms with Gasteiger partial charge in [0.05, 0.1) is 26.4 Å². The Labute approximate surface area is 154 Å². The minimum atomic E-state index is 0.577. The maximum atomic E-state index is 5.70. The monoisotopic (exact) mass is 351 g/mol. The molecule has 25 heavy (non-hydrogen) atoms. The SMILES string of the molecule is CCCCCCCCc1ccc(OCCOCCOCCNC)cc1. The second kappa shape index (κ2) is 16.4. The highest BCUT2D eigenvalue weighted by Crippen LogP contribution is 2.15. The van der Waals surface area contributed by atoms with E-state index in [-0.39, 0.29) is 0 Å². The molecular weight excluding hydrogens is 314 g/mol. The summed E-state index contributed by atoms with van der Waals surface area (Å²) in [5, 5.41) is 3.04. The highest BCUT2D eigenvalue weighted by atomic mass is 16.5. The third kappa shape index (κ3) is 12.9. The lowest BCUT2D eigenvalue weighted by molar-refractivity contribution is 0.0376. The number of ether oxygens (including phenoxy) is 3. The zero-order chi connectivity index (χ0) is 18.0. The summed E-state index contributed by atoms with van der Waals surface area (Å²) < 4.78 is 16.6. The average molecular weight is 352 g/mol. The van der Waals surface area contributed by atoms with Gasteiger partial charge in [0.25, 0.3) is 0 Å². The molecule has 0 fully saturated rings. The zero-order valence-electron chi connectivity index (χ0n) is 16.2. The van der Waals surface area contributed by atoms with Gasteiger partial charge >= 0.3 is 0 Å². The van der Waals surface area contributed by atoms with Crippen molar-refractivity contribution in [2.24, 2.45) is 0 Å². The Balaban J connectivity index is 1.99. The van der Waals surface area contributed by atoms with E-state index in [9.17, 15) is 0 Å². The van der Waals surface area contributed by atoms with E-state index in [1.54, 1.807) is 0 Å². The highest BCUT2D eigenvalue weighted by Gasteiger charge is 1.97. The number of nitrogens with one attached hydrogen (secondary N) is 1. The van der Waals surface area contributed by atoms with Crippen LogP contribution in [-0.2, 0) is 15.9 Å². The van der Waals surface area contributed by atoms with E-state index >= 15 is 0 Å². The molecule has 0 saturated carbocycles. The summed E-state index contributed by atoms with van der Waals surface area (Å²) in [5.74, 6) is 0.917. The molecular formula is C21H37NO3. The van der Waals surface area contributed by atoms with Crippen LogP contribution in [0.4, 0.5) is 0 Å². The van der Waals surface area contributed by atoms with Crippen LogP contribution in [0.15, 0.2) is 24.3 Å². The van der Waals surface area contributed by atoms with Crippen molar-refractivity contribution in [3.05, 3.63) is 29.8 Å². The van der Waals surface area contributed by atoms with E-state index < -0.39 is 0 Å². The van der Waals surface area contributed by atoms with E-state index in [0.717, 1.165) is 18.9 Å². The molecule has 0 radical (unpaired) electrons.